The van der Waals surface area contributed by atoms with Gasteiger partial charge in [-0.1, -0.05) is 25.5 Å². The molecule has 0 saturated carbocycles. The summed E-state index contributed by atoms with van der Waals surface area (Å²) >= 11 is 0. The first-order valence-electron chi connectivity index (χ1n) is 5.83. The molecule has 0 aliphatic rings. The molecule has 0 aliphatic heterocycles. The summed E-state index contributed by atoms with van der Waals surface area (Å²) in [6.45, 7) is 2.46. The maximum atomic E-state index is 11.5. The van der Waals surface area contributed by atoms with E-state index in [-0.39, 0.29) is 11.7 Å². The van der Waals surface area contributed by atoms with E-state index in [4.69, 9.17) is 15.6 Å². The minimum Gasteiger partial charge on any atom is -0.508 e. The molecule has 1 aromatic carbocycles. The van der Waals surface area contributed by atoms with E-state index in [2.05, 4.69) is 0 Å². The highest BCUT2D eigenvalue weighted by Crippen LogP contribution is 2.11. The Morgan fingerprint density at radius 1 is 1.41 bits per heavy atom. The molecule has 0 radical (unpaired) electrons. The van der Waals surface area contributed by atoms with Gasteiger partial charge in [-0.25, -0.2) is 0 Å². The van der Waals surface area contributed by atoms with Gasteiger partial charge in [-0.05, 0) is 30.5 Å². The van der Waals surface area contributed by atoms with Gasteiger partial charge in [0.15, 0.2) is 0 Å². The number of aromatic hydroxyl groups is 1. The molecule has 0 fully saturated rings. The zero-order chi connectivity index (χ0) is 12.7. The molecule has 1 atom stereocenters. The lowest BCUT2D eigenvalue weighted by Gasteiger charge is -2.11. The molecule has 4 nitrogen and oxygen atoms in total. The number of hydrogen-bond acceptors (Lipinski definition) is 4. The molecule has 0 spiro atoms. The quantitative estimate of drug-likeness (QED) is 0.582. The summed E-state index contributed by atoms with van der Waals surface area (Å²) in [5, 5.41) is 9.12. The van der Waals surface area contributed by atoms with Crippen LogP contribution in [0, 0.1) is 0 Å². The average molecular weight is 237 g/mol. The number of phenols is 1. The second-order valence-corrected chi connectivity index (χ2v) is 4.00. The minimum absolute atomic E-state index is 0.202. The van der Waals surface area contributed by atoms with Crippen molar-refractivity contribution in [3.8, 4) is 5.75 Å². The first kappa shape index (κ1) is 13.5. The second kappa shape index (κ2) is 6.91. The van der Waals surface area contributed by atoms with Crippen molar-refractivity contribution in [1.29, 1.82) is 0 Å². The summed E-state index contributed by atoms with van der Waals surface area (Å²) in [5.74, 6) is -0.167. The standard InChI is InChI=1S/C13H19NO3/c1-2-3-8-17-13(16)12(14)9-10-4-6-11(15)7-5-10/h4-7,12,15H,2-3,8-9,14H2,1H3/t12-/m0/s1. The van der Waals surface area contributed by atoms with Gasteiger partial charge in [0.1, 0.15) is 11.8 Å². The van der Waals surface area contributed by atoms with E-state index >= 15 is 0 Å². The minimum atomic E-state index is -0.642. The van der Waals surface area contributed by atoms with Crippen molar-refractivity contribution < 1.29 is 14.6 Å². The topological polar surface area (TPSA) is 72.5 Å². The van der Waals surface area contributed by atoms with E-state index in [9.17, 15) is 4.79 Å². The summed E-state index contributed by atoms with van der Waals surface area (Å²) in [4.78, 5) is 11.5. The van der Waals surface area contributed by atoms with Crippen LogP contribution in [-0.2, 0) is 16.0 Å². The Morgan fingerprint density at radius 2 is 2.06 bits per heavy atom. The number of rotatable bonds is 6. The highest BCUT2D eigenvalue weighted by molar-refractivity contribution is 5.75. The van der Waals surface area contributed by atoms with Crippen LogP contribution in [0.25, 0.3) is 0 Å². The molecule has 4 heteroatoms. The highest BCUT2D eigenvalue weighted by Gasteiger charge is 2.15. The van der Waals surface area contributed by atoms with Crippen molar-refractivity contribution >= 4 is 5.97 Å². The van der Waals surface area contributed by atoms with Gasteiger partial charge in [-0.2, -0.15) is 0 Å². The van der Waals surface area contributed by atoms with Gasteiger partial charge in [0.25, 0.3) is 0 Å². The Kier molecular flexibility index (Phi) is 5.49. The van der Waals surface area contributed by atoms with Crippen molar-refractivity contribution in [2.45, 2.75) is 32.2 Å². The Labute approximate surface area is 101 Å². The summed E-state index contributed by atoms with van der Waals surface area (Å²) in [6, 6.07) is 5.99. The third kappa shape index (κ3) is 4.87. The molecule has 0 aliphatic carbocycles. The fourth-order valence-corrected chi connectivity index (χ4v) is 1.39. The van der Waals surface area contributed by atoms with Crippen molar-refractivity contribution in [2.75, 3.05) is 6.61 Å². The van der Waals surface area contributed by atoms with E-state index in [1.165, 1.54) is 0 Å². The largest absolute Gasteiger partial charge is 0.508 e. The van der Waals surface area contributed by atoms with Crippen LogP contribution in [0.1, 0.15) is 25.3 Å². The van der Waals surface area contributed by atoms with Crippen LogP contribution in [0.3, 0.4) is 0 Å². The van der Waals surface area contributed by atoms with Crippen LogP contribution in [0.15, 0.2) is 24.3 Å². The normalized spacial score (nSPS) is 12.1. The Morgan fingerprint density at radius 3 is 2.65 bits per heavy atom. The molecule has 0 heterocycles. The van der Waals surface area contributed by atoms with Gasteiger partial charge in [0.2, 0.25) is 0 Å². The number of phenolic OH excluding ortho intramolecular Hbond substituents is 1. The maximum absolute atomic E-state index is 11.5. The van der Waals surface area contributed by atoms with E-state index < -0.39 is 6.04 Å². The van der Waals surface area contributed by atoms with Crippen LogP contribution in [0.5, 0.6) is 5.75 Å². The number of carbonyl (C=O) groups is 1. The van der Waals surface area contributed by atoms with E-state index in [1.807, 2.05) is 6.92 Å². The first-order valence-corrected chi connectivity index (χ1v) is 5.83. The molecular weight excluding hydrogens is 218 g/mol. The van der Waals surface area contributed by atoms with Gasteiger partial charge in [0.05, 0.1) is 6.61 Å². The molecule has 0 bridgehead atoms. The fourth-order valence-electron chi connectivity index (χ4n) is 1.39. The number of carbonyl (C=O) groups excluding carboxylic acids is 1. The van der Waals surface area contributed by atoms with Crippen LogP contribution in [0.2, 0.25) is 0 Å². The SMILES string of the molecule is CCCCOC(=O)[C@@H](N)Cc1ccc(O)cc1. The Bertz CT molecular complexity index is 348. The molecule has 0 saturated heterocycles. The predicted molar refractivity (Wildman–Crippen MR) is 65.7 cm³/mol. The molecule has 17 heavy (non-hydrogen) atoms. The van der Waals surface area contributed by atoms with Crippen molar-refractivity contribution in [2.24, 2.45) is 5.73 Å². The Balaban J connectivity index is 2.40. The third-order valence-corrected chi connectivity index (χ3v) is 2.44. The smallest absolute Gasteiger partial charge is 0.323 e. The highest BCUT2D eigenvalue weighted by atomic mass is 16.5. The monoisotopic (exact) mass is 237 g/mol. The zero-order valence-corrected chi connectivity index (χ0v) is 10.1. The number of nitrogens with two attached hydrogens (primary N) is 1. The predicted octanol–water partition coefficient (Wildman–Crippen LogP) is 1.61. The van der Waals surface area contributed by atoms with Crippen molar-refractivity contribution in [3.63, 3.8) is 0 Å². The lowest BCUT2D eigenvalue weighted by molar-refractivity contribution is -0.145. The summed E-state index contributed by atoms with van der Waals surface area (Å²) in [7, 11) is 0. The second-order valence-electron chi connectivity index (χ2n) is 4.00. The van der Waals surface area contributed by atoms with Gasteiger partial charge >= 0.3 is 5.97 Å². The van der Waals surface area contributed by atoms with Crippen LogP contribution >= 0.6 is 0 Å². The first-order chi connectivity index (χ1) is 8.13. The summed E-state index contributed by atoms with van der Waals surface area (Å²) < 4.78 is 5.03. The molecule has 1 aromatic rings. The number of benzene rings is 1. The molecule has 94 valence electrons. The lowest BCUT2D eigenvalue weighted by Crippen LogP contribution is -2.34. The fraction of sp³-hybridized carbons (Fsp3) is 0.462. The molecule has 0 amide bonds. The zero-order valence-electron chi connectivity index (χ0n) is 10.1. The van der Waals surface area contributed by atoms with Crippen LogP contribution < -0.4 is 5.73 Å². The number of ether oxygens (including phenoxy) is 1. The van der Waals surface area contributed by atoms with E-state index in [0.29, 0.717) is 13.0 Å². The number of esters is 1. The molecule has 1 rings (SSSR count). The average Bonchev–Trinajstić information content (AvgIpc) is 2.32. The van der Waals surface area contributed by atoms with E-state index in [0.717, 1.165) is 18.4 Å². The van der Waals surface area contributed by atoms with E-state index in [1.54, 1.807) is 24.3 Å². The van der Waals surface area contributed by atoms with Gasteiger partial charge in [-0.15, -0.1) is 0 Å². The summed E-state index contributed by atoms with van der Waals surface area (Å²) in [6.07, 6.45) is 2.27. The van der Waals surface area contributed by atoms with Crippen LogP contribution in [-0.4, -0.2) is 23.7 Å². The third-order valence-electron chi connectivity index (χ3n) is 2.44. The molecule has 0 aromatic heterocycles. The van der Waals surface area contributed by atoms with Crippen molar-refractivity contribution in [1.82, 2.24) is 0 Å². The van der Waals surface area contributed by atoms with Crippen LogP contribution in [0.4, 0.5) is 0 Å². The molecule has 0 unspecified atom stereocenters. The maximum Gasteiger partial charge on any atom is 0.323 e. The molecule has 3 N–H and O–H groups in total. The van der Waals surface area contributed by atoms with Gasteiger partial charge < -0.3 is 15.6 Å². The summed E-state index contributed by atoms with van der Waals surface area (Å²) in [5.41, 5.74) is 6.64. The number of hydrogen-bond donors (Lipinski definition) is 2. The Hall–Kier alpha value is -1.55. The molecular formula is C13H19NO3. The van der Waals surface area contributed by atoms with Gasteiger partial charge in [0, 0.05) is 0 Å². The number of unbranched alkanes of at least 4 members (excludes halogenated alkanes) is 1. The lowest BCUT2D eigenvalue weighted by atomic mass is 10.1. The van der Waals surface area contributed by atoms with Gasteiger partial charge in [-0.3, -0.25) is 4.79 Å². The van der Waals surface area contributed by atoms with Crippen molar-refractivity contribution in [3.05, 3.63) is 29.8 Å².